The highest BCUT2D eigenvalue weighted by Crippen LogP contribution is 2.24. The zero-order valence-corrected chi connectivity index (χ0v) is 19.1. The first-order valence-corrected chi connectivity index (χ1v) is 11.0. The van der Waals surface area contributed by atoms with Gasteiger partial charge in [0.1, 0.15) is 0 Å². The number of anilines is 1. The number of benzene rings is 1. The summed E-state index contributed by atoms with van der Waals surface area (Å²) in [5.74, 6) is 0. The summed E-state index contributed by atoms with van der Waals surface area (Å²) in [6, 6.07) is 7.83. The molecule has 0 aliphatic heterocycles. The maximum atomic E-state index is 5.83. The molecule has 1 aliphatic carbocycles. The molecule has 0 saturated carbocycles. The van der Waals surface area contributed by atoms with Gasteiger partial charge in [0.15, 0.2) is 0 Å². The Bertz CT molecular complexity index is 1000. The summed E-state index contributed by atoms with van der Waals surface area (Å²) in [5, 5.41) is 0. The van der Waals surface area contributed by atoms with E-state index in [0.717, 1.165) is 48.1 Å². The monoisotopic (exact) mass is 422 g/mol. The third kappa shape index (κ3) is 9.01. The van der Waals surface area contributed by atoms with Crippen LogP contribution in [0.4, 0.5) is 5.69 Å². The predicted octanol–water partition coefficient (Wildman–Crippen LogP) is 7.75. The lowest BCUT2D eigenvalue weighted by Crippen LogP contribution is -1.89. The number of allylic oxidation sites excluding steroid dienone is 16. The number of nitrogen functional groups attached to an aromatic ring is 1. The minimum Gasteiger partial charge on any atom is -0.399 e. The first-order chi connectivity index (χ1) is 15.6. The van der Waals surface area contributed by atoms with E-state index in [2.05, 4.69) is 54.6 Å². The van der Waals surface area contributed by atoms with Gasteiger partial charge in [0.25, 0.3) is 0 Å². The summed E-state index contributed by atoms with van der Waals surface area (Å²) in [7, 11) is 1.82. The molecule has 0 saturated heterocycles. The van der Waals surface area contributed by atoms with E-state index < -0.39 is 0 Å². The zero-order chi connectivity index (χ0) is 23.0. The van der Waals surface area contributed by atoms with Gasteiger partial charge in [-0.2, -0.15) is 0 Å². The van der Waals surface area contributed by atoms with Crippen LogP contribution in [0.1, 0.15) is 31.2 Å². The summed E-state index contributed by atoms with van der Waals surface area (Å²) in [6.07, 6.45) is 31.0. The Hall–Kier alpha value is -3.65. The molecule has 0 spiro atoms. The van der Waals surface area contributed by atoms with Crippen molar-refractivity contribution in [2.75, 3.05) is 12.8 Å². The second-order valence-electron chi connectivity index (χ2n) is 7.46. The lowest BCUT2D eigenvalue weighted by atomic mass is 9.97. The van der Waals surface area contributed by atoms with Crippen molar-refractivity contribution in [2.45, 2.75) is 25.7 Å². The first kappa shape index (κ1) is 24.6. The average Bonchev–Trinajstić information content (AvgIpc) is 2.80. The molecule has 0 atom stereocenters. The Morgan fingerprint density at radius 3 is 2.59 bits per heavy atom. The molecule has 0 unspecified atom stereocenters. The highest BCUT2D eigenvalue weighted by molar-refractivity contribution is 5.82. The van der Waals surface area contributed by atoms with E-state index in [0.29, 0.717) is 0 Å². The van der Waals surface area contributed by atoms with Crippen LogP contribution in [0.5, 0.6) is 0 Å². The summed E-state index contributed by atoms with van der Waals surface area (Å²) in [5.41, 5.74) is 12.2. The van der Waals surface area contributed by atoms with E-state index in [1.807, 2.05) is 67.9 Å². The molecule has 0 heterocycles. The zero-order valence-electron chi connectivity index (χ0n) is 19.1. The van der Waals surface area contributed by atoms with Gasteiger partial charge in [-0.05, 0) is 65.7 Å². The predicted molar refractivity (Wildman–Crippen MR) is 144 cm³/mol. The molecule has 0 amide bonds. The third-order valence-corrected chi connectivity index (χ3v) is 4.89. The summed E-state index contributed by atoms with van der Waals surface area (Å²) < 4.78 is 0. The number of hydrogen-bond donors (Lipinski definition) is 1. The molecule has 1 aliphatic rings. The van der Waals surface area contributed by atoms with Crippen LogP contribution in [0.3, 0.4) is 0 Å². The van der Waals surface area contributed by atoms with E-state index in [-0.39, 0.29) is 0 Å². The number of aliphatic imine (C=N–C) groups is 1. The number of nitrogens with two attached hydrogens (primary N) is 1. The maximum Gasteiger partial charge on any atom is 0.0314 e. The minimum atomic E-state index is 0.746. The van der Waals surface area contributed by atoms with Crippen molar-refractivity contribution in [2.24, 2.45) is 4.99 Å². The van der Waals surface area contributed by atoms with Crippen LogP contribution in [0.2, 0.25) is 0 Å². The highest BCUT2D eigenvalue weighted by atomic mass is 14.6. The van der Waals surface area contributed by atoms with Crippen molar-refractivity contribution in [1.29, 1.82) is 0 Å². The minimum absolute atomic E-state index is 0.746. The molecule has 0 fully saturated rings. The second-order valence-corrected chi connectivity index (χ2v) is 7.46. The maximum absolute atomic E-state index is 5.83. The fourth-order valence-electron chi connectivity index (χ4n) is 3.26. The Balaban J connectivity index is 1.99. The van der Waals surface area contributed by atoms with Crippen LogP contribution in [-0.4, -0.2) is 13.3 Å². The van der Waals surface area contributed by atoms with Gasteiger partial charge in [0.2, 0.25) is 0 Å². The molecule has 2 nitrogen and oxygen atoms in total. The first-order valence-electron chi connectivity index (χ1n) is 11.0. The van der Waals surface area contributed by atoms with Crippen molar-refractivity contribution in [1.82, 2.24) is 0 Å². The van der Waals surface area contributed by atoms with Crippen molar-refractivity contribution in [3.05, 3.63) is 133 Å². The van der Waals surface area contributed by atoms with E-state index >= 15 is 0 Å². The standard InChI is InChI=1S/C30H34N2/c1-4-5-9-18-30(28-19-21-29(31)22-20-28)25(2)14-10-6-7-11-17-27(24-32-3)23-26-15-12-8-13-16-26/h4-7,9-10,12,14-16,18-24H,1-2,8,11,13,17,31H2,3H3/b7-6-,9-5-,14-10-,27-23-,30-18-,32-24-. The van der Waals surface area contributed by atoms with Gasteiger partial charge < -0.3 is 5.73 Å². The van der Waals surface area contributed by atoms with Crippen LogP contribution < -0.4 is 5.73 Å². The fourth-order valence-corrected chi connectivity index (χ4v) is 3.26. The van der Waals surface area contributed by atoms with E-state index in [9.17, 15) is 0 Å². The molecule has 0 radical (unpaired) electrons. The lowest BCUT2D eigenvalue weighted by Gasteiger charge is -2.08. The SMILES string of the molecule is C=C/C=C\C=C(\C(=C)/C=C\C=C/CCC(/C=N\C)=C/C1=CCCC=C1)c1ccc(N)cc1. The highest BCUT2D eigenvalue weighted by Gasteiger charge is 2.03. The number of rotatable bonds is 11. The molecule has 2 heteroatoms. The van der Waals surface area contributed by atoms with Crippen molar-refractivity contribution in [3.8, 4) is 0 Å². The molecule has 2 rings (SSSR count). The normalized spacial score (nSPS) is 15.3. The van der Waals surface area contributed by atoms with E-state index in [4.69, 9.17) is 5.73 Å². The second kappa shape index (κ2) is 14.4. The Kier molecular flexibility index (Phi) is 11.1. The summed E-state index contributed by atoms with van der Waals surface area (Å²) in [4.78, 5) is 4.20. The van der Waals surface area contributed by atoms with Gasteiger partial charge in [-0.15, -0.1) is 0 Å². The molecule has 1 aromatic rings. The van der Waals surface area contributed by atoms with Gasteiger partial charge in [-0.25, -0.2) is 0 Å². The van der Waals surface area contributed by atoms with Gasteiger partial charge >= 0.3 is 0 Å². The Labute approximate surface area is 193 Å². The van der Waals surface area contributed by atoms with Crippen molar-refractivity contribution < 1.29 is 0 Å². The Morgan fingerprint density at radius 2 is 1.91 bits per heavy atom. The van der Waals surface area contributed by atoms with E-state index in [1.54, 1.807) is 6.08 Å². The molecule has 0 aromatic heterocycles. The number of hydrogen-bond acceptors (Lipinski definition) is 2. The van der Waals surface area contributed by atoms with Crippen LogP contribution in [-0.2, 0) is 0 Å². The quantitative estimate of drug-likeness (QED) is 0.221. The smallest absolute Gasteiger partial charge is 0.0314 e. The topological polar surface area (TPSA) is 38.4 Å². The van der Waals surface area contributed by atoms with Crippen LogP contribution in [0.15, 0.2) is 132 Å². The third-order valence-electron chi connectivity index (χ3n) is 4.89. The van der Waals surface area contributed by atoms with Crippen LogP contribution in [0, 0.1) is 0 Å². The van der Waals surface area contributed by atoms with Gasteiger partial charge in [0.05, 0.1) is 0 Å². The molecular weight excluding hydrogens is 388 g/mol. The van der Waals surface area contributed by atoms with E-state index in [1.165, 1.54) is 11.1 Å². The summed E-state index contributed by atoms with van der Waals surface area (Å²) >= 11 is 0. The van der Waals surface area contributed by atoms with Gasteiger partial charge in [-0.1, -0.05) is 98.2 Å². The van der Waals surface area contributed by atoms with Crippen molar-refractivity contribution in [3.63, 3.8) is 0 Å². The summed E-state index contributed by atoms with van der Waals surface area (Å²) in [6.45, 7) is 7.97. The molecule has 32 heavy (non-hydrogen) atoms. The molecular formula is C30H34N2. The van der Waals surface area contributed by atoms with Gasteiger partial charge in [0, 0.05) is 18.9 Å². The molecule has 1 aromatic carbocycles. The number of nitrogens with zero attached hydrogens (tertiary/aromatic N) is 1. The van der Waals surface area contributed by atoms with Crippen LogP contribution in [0.25, 0.3) is 5.57 Å². The fraction of sp³-hybridized carbons (Fsp3) is 0.167. The van der Waals surface area contributed by atoms with Crippen molar-refractivity contribution >= 4 is 17.5 Å². The molecule has 164 valence electrons. The largest absolute Gasteiger partial charge is 0.399 e. The van der Waals surface area contributed by atoms with Gasteiger partial charge in [-0.3, -0.25) is 4.99 Å². The lowest BCUT2D eigenvalue weighted by molar-refractivity contribution is 1.01. The van der Waals surface area contributed by atoms with Crippen LogP contribution >= 0.6 is 0 Å². The molecule has 0 bridgehead atoms. The average molecular weight is 423 g/mol. The Morgan fingerprint density at radius 1 is 1.09 bits per heavy atom. The molecule has 2 N–H and O–H groups in total.